The number of hydrogen-bond donors (Lipinski definition) is 0. The molecule has 0 saturated carbocycles. The van der Waals surface area contributed by atoms with Crippen molar-refractivity contribution in [3.8, 4) is 0 Å². The number of amides is 2. The third-order valence-corrected chi connectivity index (χ3v) is 5.43. The number of imide groups is 1. The first-order valence-corrected chi connectivity index (χ1v) is 9.22. The summed E-state index contributed by atoms with van der Waals surface area (Å²) in [5.41, 5.74) is 2.16. The van der Waals surface area contributed by atoms with Crippen molar-refractivity contribution in [2.75, 3.05) is 36.0 Å². The Hall–Kier alpha value is -2.73. The predicted molar refractivity (Wildman–Crippen MR) is 102 cm³/mol. The van der Waals surface area contributed by atoms with E-state index in [1.54, 1.807) is 12.1 Å². The zero-order chi connectivity index (χ0) is 19.0. The average Bonchev–Trinajstić information content (AvgIpc) is 2.97. The highest BCUT2D eigenvalue weighted by Crippen LogP contribution is 2.29. The van der Waals surface area contributed by atoms with Crippen molar-refractivity contribution in [1.82, 2.24) is 4.90 Å². The van der Waals surface area contributed by atoms with Crippen LogP contribution in [-0.4, -0.2) is 48.9 Å². The van der Waals surface area contributed by atoms with Gasteiger partial charge in [-0.25, -0.2) is 9.29 Å². The third kappa shape index (κ3) is 3.21. The van der Waals surface area contributed by atoms with Crippen molar-refractivity contribution in [2.24, 2.45) is 0 Å². The second-order valence-electron chi connectivity index (χ2n) is 7.05. The van der Waals surface area contributed by atoms with Gasteiger partial charge in [-0.1, -0.05) is 30.3 Å². The van der Waals surface area contributed by atoms with Crippen LogP contribution in [0.25, 0.3) is 0 Å². The SMILES string of the molecule is Cc1ccccc1N1C(=O)CC(N2CCN(c3ccccc3F)CC2)C1=O. The molecule has 2 aromatic rings. The number of nitrogens with zero attached hydrogens (tertiary/aromatic N) is 3. The summed E-state index contributed by atoms with van der Waals surface area (Å²) in [5, 5.41) is 0. The van der Waals surface area contributed by atoms with Gasteiger partial charge in [0.05, 0.1) is 23.8 Å². The van der Waals surface area contributed by atoms with Crippen molar-refractivity contribution in [3.63, 3.8) is 0 Å². The number of carbonyl (C=O) groups excluding carboxylic acids is 2. The maximum atomic E-state index is 14.0. The zero-order valence-electron chi connectivity index (χ0n) is 15.3. The number of halogens is 1. The van der Waals surface area contributed by atoms with Gasteiger partial charge in [0.1, 0.15) is 5.82 Å². The molecule has 2 aliphatic rings. The molecule has 140 valence electrons. The lowest BCUT2D eigenvalue weighted by Crippen LogP contribution is -2.52. The van der Waals surface area contributed by atoms with Crippen LogP contribution in [0.2, 0.25) is 0 Å². The lowest BCUT2D eigenvalue weighted by molar-refractivity contribution is -0.123. The molecule has 1 atom stereocenters. The predicted octanol–water partition coefficient (Wildman–Crippen LogP) is 2.59. The number of para-hydroxylation sites is 2. The first kappa shape index (κ1) is 17.7. The number of piperazine rings is 1. The highest BCUT2D eigenvalue weighted by atomic mass is 19.1. The van der Waals surface area contributed by atoms with Crippen molar-refractivity contribution in [3.05, 3.63) is 59.9 Å². The average molecular weight is 367 g/mol. The van der Waals surface area contributed by atoms with Crippen LogP contribution >= 0.6 is 0 Å². The number of rotatable bonds is 3. The monoisotopic (exact) mass is 367 g/mol. The minimum atomic E-state index is -0.431. The Kier molecular flexibility index (Phi) is 4.66. The molecule has 2 fully saturated rings. The summed E-state index contributed by atoms with van der Waals surface area (Å²) in [6, 6.07) is 13.7. The Morgan fingerprint density at radius 1 is 0.889 bits per heavy atom. The van der Waals surface area contributed by atoms with Crippen LogP contribution < -0.4 is 9.80 Å². The largest absolute Gasteiger partial charge is 0.367 e. The molecule has 2 heterocycles. The highest BCUT2D eigenvalue weighted by Gasteiger charge is 2.43. The fourth-order valence-corrected chi connectivity index (χ4v) is 3.95. The Morgan fingerprint density at radius 3 is 2.19 bits per heavy atom. The molecule has 2 amide bonds. The number of aryl methyl sites for hydroxylation is 1. The second kappa shape index (κ2) is 7.12. The number of hydrogen-bond acceptors (Lipinski definition) is 4. The molecule has 0 aliphatic carbocycles. The molecule has 5 nitrogen and oxygen atoms in total. The van der Waals surface area contributed by atoms with Gasteiger partial charge in [0.15, 0.2) is 0 Å². The van der Waals surface area contributed by atoms with Crippen LogP contribution in [-0.2, 0) is 9.59 Å². The van der Waals surface area contributed by atoms with E-state index in [4.69, 9.17) is 0 Å². The van der Waals surface area contributed by atoms with E-state index in [0.29, 0.717) is 37.6 Å². The van der Waals surface area contributed by atoms with Gasteiger partial charge < -0.3 is 4.90 Å². The summed E-state index contributed by atoms with van der Waals surface area (Å²) in [5.74, 6) is -0.548. The van der Waals surface area contributed by atoms with E-state index in [9.17, 15) is 14.0 Å². The fraction of sp³-hybridized carbons (Fsp3) is 0.333. The van der Waals surface area contributed by atoms with Crippen molar-refractivity contribution in [1.29, 1.82) is 0 Å². The lowest BCUT2D eigenvalue weighted by Gasteiger charge is -2.38. The van der Waals surface area contributed by atoms with Crippen LogP contribution in [0.3, 0.4) is 0 Å². The van der Waals surface area contributed by atoms with Gasteiger partial charge >= 0.3 is 0 Å². The molecule has 0 bridgehead atoms. The summed E-state index contributed by atoms with van der Waals surface area (Å²) in [4.78, 5) is 30.9. The third-order valence-electron chi connectivity index (χ3n) is 5.43. The second-order valence-corrected chi connectivity index (χ2v) is 7.05. The van der Waals surface area contributed by atoms with E-state index in [1.807, 2.05) is 42.2 Å². The summed E-state index contributed by atoms with van der Waals surface area (Å²) < 4.78 is 14.0. The van der Waals surface area contributed by atoms with E-state index < -0.39 is 6.04 Å². The van der Waals surface area contributed by atoms with Gasteiger partial charge in [0.2, 0.25) is 5.91 Å². The fourth-order valence-electron chi connectivity index (χ4n) is 3.95. The van der Waals surface area contributed by atoms with Gasteiger partial charge in [0, 0.05) is 26.2 Å². The summed E-state index contributed by atoms with van der Waals surface area (Å²) in [6.07, 6.45) is 0.201. The Labute approximate surface area is 158 Å². The number of carbonyl (C=O) groups is 2. The first-order valence-electron chi connectivity index (χ1n) is 9.22. The van der Waals surface area contributed by atoms with E-state index in [-0.39, 0.29) is 24.1 Å². The van der Waals surface area contributed by atoms with E-state index in [1.165, 1.54) is 11.0 Å². The summed E-state index contributed by atoms with van der Waals surface area (Å²) in [7, 11) is 0. The maximum Gasteiger partial charge on any atom is 0.251 e. The maximum absolute atomic E-state index is 14.0. The quantitative estimate of drug-likeness (QED) is 0.783. The van der Waals surface area contributed by atoms with Crippen LogP contribution in [0.15, 0.2) is 48.5 Å². The topological polar surface area (TPSA) is 43.9 Å². The normalized spacial score (nSPS) is 21.2. The molecule has 0 aromatic heterocycles. The molecule has 2 aromatic carbocycles. The molecule has 2 saturated heterocycles. The zero-order valence-corrected chi connectivity index (χ0v) is 15.3. The Morgan fingerprint density at radius 2 is 1.52 bits per heavy atom. The molecular weight excluding hydrogens is 345 g/mol. The molecule has 4 rings (SSSR count). The molecule has 0 spiro atoms. The van der Waals surface area contributed by atoms with Gasteiger partial charge in [-0.3, -0.25) is 14.5 Å². The molecule has 27 heavy (non-hydrogen) atoms. The Bertz CT molecular complexity index is 877. The summed E-state index contributed by atoms with van der Waals surface area (Å²) >= 11 is 0. The Balaban J connectivity index is 1.46. The number of benzene rings is 2. The van der Waals surface area contributed by atoms with E-state index in [2.05, 4.69) is 4.90 Å². The van der Waals surface area contributed by atoms with Crippen LogP contribution in [0.1, 0.15) is 12.0 Å². The van der Waals surface area contributed by atoms with Gasteiger partial charge in [-0.05, 0) is 30.7 Å². The molecular formula is C21H22FN3O2. The molecule has 2 aliphatic heterocycles. The molecule has 6 heteroatoms. The lowest BCUT2D eigenvalue weighted by atomic mass is 10.1. The summed E-state index contributed by atoms with van der Waals surface area (Å²) in [6.45, 7) is 4.40. The van der Waals surface area contributed by atoms with Crippen molar-refractivity contribution < 1.29 is 14.0 Å². The van der Waals surface area contributed by atoms with Crippen LogP contribution in [0, 0.1) is 12.7 Å². The van der Waals surface area contributed by atoms with Gasteiger partial charge in [-0.15, -0.1) is 0 Å². The standard InChI is InChI=1S/C21H22FN3O2/c1-15-6-2-4-8-17(15)25-20(26)14-19(21(25)27)24-12-10-23(11-13-24)18-9-5-3-7-16(18)22/h2-9,19H,10-14H2,1H3. The smallest absolute Gasteiger partial charge is 0.251 e. The van der Waals surface area contributed by atoms with Crippen molar-refractivity contribution >= 4 is 23.2 Å². The molecule has 0 radical (unpaired) electrons. The number of anilines is 2. The van der Waals surface area contributed by atoms with Crippen LogP contribution in [0.5, 0.6) is 0 Å². The van der Waals surface area contributed by atoms with E-state index in [0.717, 1.165) is 5.56 Å². The minimum Gasteiger partial charge on any atom is -0.367 e. The first-order chi connectivity index (χ1) is 13.1. The highest BCUT2D eigenvalue weighted by molar-refractivity contribution is 6.22. The van der Waals surface area contributed by atoms with Crippen LogP contribution in [0.4, 0.5) is 15.8 Å². The van der Waals surface area contributed by atoms with Crippen molar-refractivity contribution in [2.45, 2.75) is 19.4 Å². The van der Waals surface area contributed by atoms with Gasteiger partial charge in [0.25, 0.3) is 5.91 Å². The minimum absolute atomic E-state index is 0.157. The molecule has 0 N–H and O–H groups in total. The van der Waals surface area contributed by atoms with E-state index >= 15 is 0 Å². The van der Waals surface area contributed by atoms with Gasteiger partial charge in [-0.2, -0.15) is 0 Å². The molecule has 1 unspecified atom stereocenters.